The Morgan fingerprint density at radius 2 is 1.14 bits per heavy atom. The van der Waals surface area contributed by atoms with E-state index in [1.54, 1.807) is 23.9 Å². The fourth-order valence-electron chi connectivity index (χ4n) is 2.30. The van der Waals surface area contributed by atoms with E-state index in [1.807, 2.05) is 12.1 Å². The number of benzene rings is 3. The zero-order valence-electron chi connectivity index (χ0n) is 12.5. The highest BCUT2D eigenvalue weighted by molar-refractivity contribution is 7.99. The van der Waals surface area contributed by atoms with Gasteiger partial charge in [0.05, 0.1) is 0 Å². The Morgan fingerprint density at radius 3 is 1.64 bits per heavy atom. The quantitative estimate of drug-likeness (QED) is 0.660. The van der Waals surface area contributed by atoms with Crippen molar-refractivity contribution in [3.63, 3.8) is 0 Å². The van der Waals surface area contributed by atoms with Gasteiger partial charge in [0.25, 0.3) is 0 Å². The summed E-state index contributed by atoms with van der Waals surface area (Å²) in [6.45, 7) is 2.17. The van der Waals surface area contributed by atoms with Gasteiger partial charge in [0.2, 0.25) is 0 Å². The van der Waals surface area contributed by atoms with Crippen LogP contribution in [0.25, 0.3) is 11.1 Å². The molecule has 0 aromatic heterocycles. The van der Waals surface area contributed by atoms with E-state index in [2.05, 4.69) is 55.5 Å². The number of phenolic OH excluding ortho intramolecular Hbond substituents is 1. The molecule has 0 aliphatic carbocycles. The van der Waals surface area contributed by atoms with Crippen LogP contribution < -0.4 is 0 Å². The first-order valence-corrected chi connectivity index (χ1v) is 8.22. The molecule has 0 fully saturated rings. The van der Waals surface area contributed by atoms with Crippen LogP contribution in [0.5, 0.6) is 5.75 Å². The molecular formula is C20H18OS. The van der Waals surface area contributed by atoms with Crippen molar-refractivity contribution in [1.29, 1.82) is 0 Å². The summed E-state index contributed by atoms with van der Waals surface area (Å²) in [7, 11) is 0. The van der Waals surface area contributed by atoms with Crippen molar-refractivity contribution in [2.45, 2.75) is 23.1 Å². The number of aryl methyl sites for hydroxylation is 1. The van der Waals surface area contributed by atoms with Crippen molar-refractivity contribution in [1.82, 2.24) is 0 Å². The molecule has 3 aromatic rings. The normalized spacial score (nSPS) is 10.6. The predicted octanol–water partition coefficient (Wildman–Crippen LogP) is 5.77. The fourth-order valence-corrected chi connectivity index (χ4v) is 3.12. The maximum Gasteiger partial charge on any atom is 0.115 e. The van der Waals surface area contributed by atoms with Gasteiger partial charge in [-0.3, -0.25) is 0 Å². The van der Waals surface area contributed by atoms with Gasteiger partial charge in [0.15, 0.2) is 0 Å². The highest BCUT2D eigenvalue weighted by Crippen LogP contribution is 2.30. The Labute approximate surface area is 135 Å². The molecule has 1 nitrogen and oxygen atoms in total. The second-order valence-electron chi connectivity index (χ2n) is 5.17. The summed E-state index contributed by atoms with van der Waals surface area (Å²) in [6.07, 6.45) is 1.07. The first-order valence-electron chi connectivity index (χ1n) is 7.41. The van der Waals surface area contributed by atoms with Crippen molar-refractivity contribution in [3.05, 3.63) is 78.4 Å². The summed E-state index contributed by atoms with van der Waals surface area (Å²) in [5.74, 6) is 0.301. The molecular weight excluding hydrogens is 288 g/mol. The van der Waals surface area contributed by atoms with Crippen molar-refractivity contribution in [2.24, 2.45) is 0 Å². The molecule has 1 N–H and O–H groups in total. The molecule has 2 heteroatoms. The summed E-state index contributed by atoms with van der Waals surface area (Å²) in [4.78, 5) is 2.32. The number of hydrogen-bond acceptors (Lipinski definition) is 2. The van der Waals surface area contributed by atoms with Gasteiger partial charge in [-0.25, -0.2) is 0 Å². The summed E-state index contributed by atoms with van der Waals surface area (Å²) in [5, 5.41) is 9.31. The molecule has 0 aliphatic heterocycles. The number of rotatable bonds is 4. The molecule has 0 amide bonds. The van der Waals surface area contributed by atoms with Crippen LogP contribution in [0, 0.1) is 0 Å². The van der Waals surface area contributed by atoms with Crippen molar-refractivity contribution in [3.8, 4) is 16.9 Å². The SMILES string of the molecule is CCc1ccc(-c2ccc(Sc3ccc(O)cc3)cc2)cc1. The molecule has 0 radical (unpaired) electrons. The van der Waals surface area contributed by atoms with Crippen molar-refractivity contribution in [2.75, 3.05) is 0 Å². The first kappa shape index (κ1) is 14.7. The van der Waals surface area contributed by atoms with E-state index in [4.69, 9.17) is 0 Å². The van der Waals surface area contributed by atoms with Crippen LogP contribution in [0.1, 0.15) is 12.5 Å². The number of phenols is 1. The van der Waals surface area contributed by atoms with E-state index < -0.39 is 0 Å². The van der Waals surface area contributed by atoms with Crippen molar-refractivity contribution >= 4 is 11.8 Å². The third-order valence-electron chi connectivity index (χ3n) is 3.62. The highest BCUT2D eigenvalue weighted by atomic mass is 32.2. The van der Waals surface area contributed by atoms with Crippen LogP contribution in [0.15, 0.2) is 82.6 Å². The van der Waals surface area contributed by atoms with E-state index in [0.29, 0.717) is 5.75 Å². The summed E-state index contributed by atoms with van der Waals surface area (Å²) < 4.78 is 0. The second-order valence-corrected chi connectivity index (χ2v) is 6.32. The Kier molecular flexibility index (Phi) is 4.50. The van der Waals surface area contributed by atoms with E-state index >= 15 is 0 Å². The first-order chi connectivity index (χ1) is 10.7. The van der Waals surface area contributed by atoms with Gasteiger partial charge in [-0.2, -0.15) is 0 Å². The summed E-state index contributed by atoms with van der Waals surface area (Å²) >= 11 is 1.70. The summed E-state index contributed by atoms with van der Waals surface area (Å²) in [5.41, 5.74) is 3.85. The lowest BCUT2D eigenvalue weighted by Crippen LogP contribution is -1.82. The molecule has 0 bridgehead atoms. The minimum atomic E-state index is 0.301. The van der Waals surface area contributed by atoms with Gasteiger partial charge in [0, 0.05) is 9.79 Å². The predicted molar refractivity (Wildman–Crippen MR) is 93.5 cm³/mol. The number of aromatic hydroxyl groups is 1. The average Bonchev–Trinajstić information content (AvgIpc) is 2.58. The van der Waals surface area contributed by atoms with Crippen LogP contribution in [0.2, 0.25) is 0 Å². The zero-order chi connectivity index (χ0) is 15.4. The van der Waals surface area contributed by atoms with Crippen molar-refractivity contribution < 1.29 is 5.11 Å². The smallest absolute Gasteiger partial charge is 0.115 e. The van der Waals surface area contributed by atoms with Gasteiger partial charge in [0.1, 0.15) is 5.75 Å². The Bertz CT molecular complexity index is 728. The van der Waals surface area contributed by atoms with Crippen LogP contribution in [0.3, 0.4) is 0 Å². The van der Waals surface area contributed by atoms with Gasteiger partial charge >= 0.3 is 0 Å². The monoisotopic (exact) mass is 306 g/mol. The topological polar surface area (TPSA) is 20.2 Å². The lowest BCUT2D eigenvalue weighted by Gasteiger charge is -2.06. The molecule has 0 heterocycles. The molecule has 110 valence electrons. The van der Waals surface area contributed by atoms with Crippen LogP contribution >= 0.6 is 11.8 Å². The van der Waals surface area contributed by atoms with Gasteiger partial charge in [-0.15, -0.1) is 0 Å². The third-order valence-corrected chi connectivity index (χ3v) is 4.64. The van der Waals surface area contributed by atoms with E-state index in [0.717, 1.165) is 11.3 Å². The van der Waals surface area contributed by atoms with Crippen LogP contribution in [0.4, 0.5) is 0 Å². The molecule has 0 aliphatic rings. The van der Waals surface area contributed by atoms with Crippen LogP contribution in [-0.2, 0) is 6.42 Å². The zero-order valence-corrected chi connectivity index (χ0v) is 13.3. The molecule has 3 aromatic carbocycles. The van der Waals surface area contributed by atoms with E-state index in [1.165, 1.54) is 21.6 Å². The Hall–Kier alpha value is -2.19. The van der Waals surface area contributed by atoms with Gasteiger partial charge in [-0.05, 0) is 59.5 Å². The highest BCUT2D eigenvalue weighted by Gasteiger charge is 2.01. The van der Waals surface area contributed by atoms with Gasteiger partial charge < -0.3 is 5.11 Å². The van der Waals surface area contributed by atoms with E-state index in [-0.39, 0.29) is 0 Å². The number of hydrogen-bond donors (Lipinski definition) is 1. The molecule has 3 rings (SSSR count). The second kappa shape index (κ2) is 6.71. The molecule has 0 saturated carbocycles. The molecule has 0 spiro atoms. The maximum atomic E-state index is 9.31. The van der Waals surface area contributed by atoms with Gasteiger partial charge in [-0.1, -0.05) is 55.1 Å². The van der Waals surface area contributed by atoms with Crippen LogP contribution in [-0.4, -0.2) is 5.11 Å². The Morgan fingerprint density at radius 1 is 0.682 bits per heavy atom. The average molecular weight is 306 g/mol. The molecule has 0 saturated heterocycles. The van der Waals surface area contributed by atoms with E-state index in [9.17, 15) is 5.11 Å². The maximum absolute atomic E-state index is 9.31. The fraction of sp³-hybridized carbons (Fsp3) is 0.100. The summed E-state index contributed by atoms with van der Waals surface area (Å²) in [6, 6.07) is 24.6. The minimum absolute atomic E-state index is 0.301. The lowest BCUT2D eigenvalue weighted by atomic mass is 10.0. The Balaban J connectivity index is 1.75. The lowest BCUT2D eigenvalue weighted by molar-refractivity contribution is 0.475. The molecule has 0 atom stereocenters. The third kappa shape index (κ3) is 3.52. The molecule has 0 unspecified atom stereocenters. The standard InChI is InChI=1S/C20H18OS/c1-2-15-3-5-16(6-4-15)17-7-11-19(12-8-17)22-20-13-9-18(21)10-14-20/h3-14,21H,2H2,1H3. The molecule has 22 heavy (non-hydrogen) atoms. The minimum Gasteiger partial charge on any atom is -0.508 e. The largest absolute Gasteiger partial charge is 0.508 e.